The summed E-state index contributed by atoms with van der Waals surface area (Å²) in [7, 11) is 0. The molecule has 0 aliphatic heterocycles. The summed E-state index contributed by atoms with van der Waals surface area (Å²) in [6.45, 7) is 2.09. The standard InChI is InChI=1S/C10H12BrNO2/c1-2-4-10(11)8-5-3-6-9(7-8)12(13)14/h3,5-7,10H,2,4H2,1H3. The van der Waals surface area contributed by atoms with E-state index in [1.807, 2.05) is 6.07 Å². The van der Waals surface area contributed by atoms with Gasteiger partial charge in [0.15, 0.2) is 0 Å². The quantitative estimate of drug-likeness (QED) is 0.468. The fourth-order valence-corrected chi connectivity index (χ4v) is 2.00. The van der Waals surface area contributed by atoms with Crippen molar-refractivity contribution in [2.24, 2.45) is 0 Å². The molecule has 0 amide bonds. The van der Waals surface area contributed by atoms with Gasteiger partial charge in [0.2, 0.25) is 0 Å². The third-order valence-electron chi connectivity index (χ3n) is 1.98. The average molecular weight is 258 g/mol. The Kier molecular flexibility index (Phi) is 4.07. The molecule has 0 heterocycles. The van der Waals surface area contributed by atoms with E-state index in [2.05, 4.69) is 22.9 Å². The van der Waals surface area contributed by atoms with E-state index in [9.17, 15) is 10.1 Å². The number of hydrogen-bond acceptors (Lipinski definition) is 2. The molecule has 0 N–H and O–H groups in total. The first-order valence-corrected chi connectivity index (χ1v) is 5.45. The van der Waals surface area contributed by atoms with Gasteiger partial charge in [0, 0.05) is 17.0 Å². The number of halogens is 1. The van der Waals surface area contributed by atoms with Crippen molar-refractivity contribution in [3.63, 3.8) is 0 Å². The fraction of sp³-hybridized carbons (Fsp3) is 0.400. The van der Waals surface area contributed by atoms with Crippen LogP contribution in [0.2, 0.25) is 0 Å². The lowest BCUT2D eigenvalue weighted by Crippen LogP contribution is -1.92. The highest BCUT2D eigenvalue weighted by Gasteiger charge is 2.10. The number of nitro benzene ring substituents is 1. The van der Waals surface area contributed by atoms with Crippen LogP contribution in [0.1, 0.15) is 30.2 Å². The largest absolute Gasteiger partial charge is 0.269 e. The summed E-state index contributed by atoms with van der Waals surface area (Å²) in [5.41, 5.74) is 1.13. The molecule has 0 fully saturated rings. The third kappa shape index (κ3) is 2.80. The van der Waals surface area contributed by atoms with Crippen LogP contribution in [0, 0.1) is 10.1 Å². The van der Waals surface area contributed by atoms with Gasteiger partial charge in [0.25, 0.3) is 5.69 Å². The van der Waals surface area contributed by atoms with E-state index in [0.29, 0.717) is 0 Å². The van der Waals surface area contributed by atoms with Gasteiger partial charge in [-0.3, -0.25) is 10.1 Å². The van der Waals surface area contributed by atoms with Crippen molar-refractivity contribution in [1.82, 2.24) is 0 Å². The summed E-state index contributed by atoms with van der Waals surface area (Å²) in [5.74, 6) is 0. The van der Waals surface area contributed by atoms with Crippen LogP contribution < -0.4 is 0 Å². The maximum absolute atomic E-state index is 10.5. The Labute approximate surface area is 91.4 Å². The monoisotopic (exact) mass is 257 g/mol. The number of hydrogen-bond donors (Lipinski definition) is 0. The van der Waals surface area contributed by atoms with Crippen LogP contribution in [0.15, 0.2) is 24.3 Å². The van der Waals surface area contributed by atoms with E-state index in [4.69, 9.17) is 0 Å². The van der Waals surface area contributed by atoms with E-state index in [-0.39, 0.29) is 15.4 Å². The van der Waals surface area contributed by atoms with Crippen molar-refractivity contribution < 1.29 is 4.92 Å². The predicted octanol–water partition coefficient (Wildman–Crippen LogP) is 3.83. The molecule has 76 valence electrons. The molecule has 0 bridgehead atoms. The molecule has 0 saturated carbocycles. The van der Waals surface area contributed by atoms with Gasteiger partial charge in [-0.05, 0) is 12.0 Å². The molecule has 4 heteroatoms. The molecule has 0 aliphatic carbocycles. The molecule has 0 saturated heterocycles. The molecule has 0 spiro atoms. The molecule has 1 unspecified atom stereocenters. The van der Waals surface area contributed by atoms with E-state index < -0.39 is 0 Å². The van der Waals surface area contributed by atoms with E-state index in [1.165, 1.54) is 6.07 Å². The SMILES string of the molecule is CCCC(Br)c1cccc([N+](=O)[O-])c1. The Morgan fingerprint density at radius 1 is 1.57 bits per heavy atom. The molecule has 1 rings (SSSR count). The molecular weight excluding hydrogens is 246 g/mol. The van der Waals surface area contributed by atoms with Crippen LogP contribution in [0.25, 0.3) is 0 Å². The minimum absolute atomic E-state index is 0.156. The zero-order valence-corrected chi connectivity index (χ0v) is 9.53. The molecule has 3 nitrogen and oxygen atoms in total. The van der Waals surface area contributed by atoms with Crippen molar-refractivity contribution in [2.45, 2.75) is 24.6 Å². The highest BCUT2D eigenvalue weighted by molar-refractivity contribution is 9.09. The Bertz CT molecular complexity index is 328. The van der Waals surface area contributed by atoms with Crippen LogP contribution >= 0.6 is 15.9 Å². The van der Waals surface area contributed by atoms with E-state index in [0.717, 1.165) is 18.4 Å². The Hall–Kier alpha value is -0.900. The van der Waals surface area contributed by atoms with Gasteiger partial charge in [0.05, 0.1) is 4.92 Å². The molecule has 0 radical (unpaired) electrons. The summed E-state index contributed by atoms with van der Waals surface area (Å²) < 4.78 is 0. The summed E-state index contributed by atoms with van der Waals surface area (Å²) in [6, 6.07) is 6.75. The minimum atomic E-state index is -0.366. The predicted molar refractivity (Wildman–Crippen MR) is 59.7 cm³/mol. The highest BCUT2D eigenvalue weighted by Crippen LogP contribution is 2.29. The molecule has 0 aromatic heterocycles. The maximum atomic E-state index is 10.5. The van der Waals surface area contributed by atoms with Crippen molar-refractivity contribution in [3.8, 4) is 0 Å². The summed E-state index contributed by atoms with van der Waals surface area (Å²) in [4.78, 5) is 10.4. The molecule has 0 aliphatic rings. The van der Waals surface area contributed by atoms with E-state index >= 15 is 0 Å². The highest BCUT2D eigenvalue weighted by atomic mass is 79.9. The molecular formula is C10H12BrNO2. The van der Waals surface area contributed by atoms with Crippen molar-refractivity contribution in [3.05, 3.63) is 39.9 Å². The Morgan fingerprint density at radius 2 is 2.29 bits per heavy atom. The average Bonchev–Trinajstić information content (AvgIpc) is 2.18. The first-order valence-electron chi connectivity index (χ1n) is 4.53. The zero-order chi connectivity index (χ0) is 10.6. The van der Waals surface area contributed by atoms with Crippen molar-refractivity contribution in [2.75, 3.05) is 0 Å². The number of rotatable bonds is 4. The third-order valence-corrected chi connectivity index (χ3v) is 2.97. The van der Waals surface area contributed by atoms with Gasteiger partial charge in [-0.1, -0.05) is 41.4 Å². The van der Waals surface area contributed by atoms with Gasteiger partial charge < -0.3 is 0 Å². The normalized spacial score (nSPS) is 12.4. The molecule has 1 atom stereocenters. The van der Waals surface area contributed by atoms with Crippen molar-refractivity contribution >= 4 is 21.6 Å². The second-order valence-corrected chi connectivity index (χ2v) is 4.21. The lowest BCUT2D eigenvalue weighted by Gasteiger charge is -2.07. The van der Waals surface area contributed by atoms with Gasteiger partial charge in [-0.25, -0.2) is 0 Å². The summed E-state index contributed by atoms with van der Waals surface area (Å²) in [6.07, 6.45) is 2.04. The van der Waals surface area contributed by atoms with Crippen LogP contribution in [0.4, 0.5) is 5.69 Å². The Balaban J connectivity index is 2.87. The van der Waals surface area contributed by atoms with Gasteiger partial charge in [0.1, 0.15) is 0 Å². The van der Waals surface area contributed by atoms with Crippen LogP contribution in [0.5, 0.6) is 0 Å². The second-order valence-electron chi connectivity index (χ2n) is 3.11. The number of alkyl halides is 1. The number of non-ortho nitro benzene ring substituents is 1. The van der Waals surface area contributed by atoms with Crippen molar-refractivity contribution in [1.29, 1.82) is 0 Å². The summed E-state index contributed by atoms with van der Waals surface area (Å²) >= 11 is 3.51. The number of nitro groups is 1. The molecule has 1 aromatic carbocycles. The first-order chi connectivity index (χ1) is 6.65. The van der Waals surface area contributed by atoms with Crippen LogP contribution in [0.3, 0.4) is 0 Å². The zero-order valence-electron chi connectivity index (χ0n) is 7.94. The lowest BCUT2D eigenvalue weighted by atomic mass is 10.1. The maximum Gasteiger partial charge on any atom is 0.269 e. The topological polar surface area (TPSA) is 43.1 Å². The van der Waals surface area contributed by atoms with Gasteiger partial charge in [-0.15, -0.1) is 0 Å². The summed E-state index contributed by atoms with van der Waals surface area (Å²) in [5, 5.41) is 10.5. The van der Waals surface area contributed by atoms with E-state index in [1.54, 1.807) is 12.1 Å². The fourth-order valence-electron chi connectivity index (χ4n) is 1.25. The second kappa shape index (κ2) is 5.10. The van der Waals surface area contributed by atoms with Crippen LogP contribution in [-0.2, 0) is 0 Å². The van der Waals surface area contributed by atoms with Crippen LogP contribution in [-0.4, -0.2) is 4.92 Å². The number of benzene rings is 1. The number of nitrogens with zero attached hydrogens (tertiary/aromatic N) is 1. The molecule has 14 heavy (non-hydrogen) atoms. The van der Waals surface area contributed by atoms with Gasteiger partial charge in [-0.2, -0.15) is 0 Å². The smallest absolute Gasteiger partial charge is 0.258 e. The Morgan fingerprint density at radius 3 is 2.86 bits per heavy atom. The molecule has 1 aromatic rings. The van der Waals surface area contributed by atoms with Gasteiger partial charge >= 0.3 is 0 Å². The first kappa shape index (κ1) is 11.2. The lowest BCUT2D eigenvalue weighted by molar-refractivity contribution is -0.384. The minimum Gasteiger partial charge on any atom is -0.258 e.